The minimum Gasteiger partial charge on any atom is -0.486 e. The highest BCUT2D eigenvalue weighted by molar-refractivity contribution is 7.15. The molecule has 0 spiro atoms. The van der Waals surface area contributed by atoms with Crippen LogP contribution in [0.5, 0.6) is 5.75 Å². The molecule has 0 aliphatic carbocycles. The number of aryl methyl sites for hydroxylation is 3. The average Bonchev–Trinajstić information content (AvgIpc) is 3.19. The Labute approximate surface area is 148 Å². The Morgan fingerprint density at radius 1 is 1.36 bits per heavy atom. The molecule has 2 heterocycles. The van der Waals surface area contributed by atoms with E-state index in [2.05, 4.69) is 25.8 Å². The molecule has 0 saturated heterocycles. The van der Waals surface area contributed by atoms with Crippen LogP contribution in [0, 0.1) is 13.8 Å². The molecular weight excluding hydrogens is 340 g/mol. The van der Waals surface area contributed by atoms with Crippen LogP contribution in [0.3, 0.4) is 0 Å². The van der Waals surface area contributed by atoms with Crippen LogP contribution < -0.4 is 10.1 Å². The monoisotopic (exact) mass is 358 g/mol. The van der Waals surface area contributed by atoms with Crippen LogP contribution in [0.1, 0.15) is 33.7 Å². The molecule has 1 amide bonds. The summed E-state index contributed by atoms with van der Waals surface area (Å²) in [6.45, 7) is 6.74. The Hall–Kier alpha value is -2.81. The van der Waals surface area contributed by atoms with E-state index >= 15 is 0 Å². The van der Waals surface area contributed by atoms with E-state index in [1.54, 1.807) is 28.9 Å². The first-order valence-corrected chi connectivity index (χ1v) is 8.61. The predicted molar refractivity (Wildman–Crippen MR) is 93.8 cm³/mol. The second kappa shape index (κ2) is 7.39. The van der Waals surface area contributed by atoms with Crippen LogP contribution >= 0.6 is 11.3 Å². The fraction of sp³-hybridized carbons (Fsp3) is 0.312. The number of hydrogen-bond donors (Lipinski definition) is 1. The van der Waals surface area contributed by atoms with Gasteiger partial charge in [0.25, 0.3) is 5.91 Å². The van der Waals surface area contributed by atoms with Crippen molar-refractivity contribution in [1.29, 1.82) is 0 Å². The largest absolute Gasteiger partial charge is 0.486 e. The standard InChI is InChI=1S/C16H18N6O2S/c1-4-22-14(19-20-21-22)9-24-13-7-5-6-12(8-13)15(23)18-16-17-10(2)11(3)25-16/h5-8H,4,9H2,1-3H3,(H,17,18,23). The first kappa shape index (κ1) is 17.0. The second-order valence-electron chi connectivity index (χ2n) is 5.34. The van der Waals surface area contributed by atoms with Gasteiger partial charge in [0, 0.05) is 17.0 Å². The number of hydrogen-bond acceptors (Lipinski definition) is 7. The van der Waals surface area contributed by atoms with E-state index in [9.17, 15) is 4.79 Å². The molecule has 0 aliphatic rings. The molecule has 0 unspecified atom stereocenters. The Kier molecular flexibility index (Phi) is 5.03. The normalized spacial score (nSPS) is 10.7. The highest BCUT2D eigenvalue weighted by Gasteiger charge is 2.11. The summed E-state index contributed by atoms with van der Waals surface area (Å²) in [4.78, 5) is 17.8. The number of nitrogens with zero attached hydrogens (tertiary/aromatic N) is 5. The Morgan fingerprint density at radius 2 is 2.20 bits per heavy atom. The van der Waals surface area contributed by atoms with Gasteiger partial charge in [0.1, 0.15) is 12.4 Å². The first-order valence-electron chi connectivity index (χ1n) is 7.80. The van der Waals surface area contributed by atoms with Crippen LogP contribution in [-0.4, -0.2) is 31.1 Å². The lowest BCUT2D eigenvalue weighted by atomic mass is 10.2. The van der Waals surface area contributed by atoms with Crippen molar-refractivity contribution in [2.24, 2.45) is 0 Å². The third kappa shape index (κ3) is 4.00. The van der Waals surface area contributed by atoms with Crippen LogP contribution in [0.15, 0.2) is 24.3 Å². The number of amides is 1. The van der Waals surface area contributed by atoms with E-state index in [1.165, 1.54) is 11.3 Å². The van der Waals surface area contributed by atoms with Crippen molar-refractivity contribution in [2.75, 3.05) is 5.32 Å². The lowest BCUT2D eigenvalue weighted by Crippen LogP contribution is -2.12. The molecule has 0 fully saturated rings. The summed E-state index contributed by atoms with van der Waals surface area (Å²) < 4.78 is 7.36. The van der Waals surface area contributed by atoms with E-state index in [-0.39, 0.29) is 12.5 Å². The van der Waals surface area contributed by atoms with E-state index < -0.39 is 0 Å². The number of nitrogens with one attached hydrogen (secondary N) is 1. The van der Waals surface area contributed by atoms with Crippen molar-refractivity contribution in [1.82, 2.24) is 25.2 Å². The van der Waals surface area contributed by atoms with E-state index in [4.69, 9.17) is 4.74 Å². The van der Waals surface area contributed by atoms with Crippen LogP contribution in [-0.2, 0) is 13.2 Å². The highest BCUT2D eigenvalue weighted by Crippen LogP contribution is 2.22. The average molecular weight is 358 g/mol. The fourth-order valence-electron chi connectivity index (χ4n) is 2.14. The SMILES string of the molecule is CCn1nnnc1COc1cccc(C(=O)Nc2nc(C)c(C)s2)c1. The molecule has 3 aromatic rings. The van der Waals surface area contributed by atoms with Gasteiger partial charge in [-0.3, -0.25) is 10.1 Å². The molecule has 0 bridgehead atoms. The minimum absolute atomic E-state index is 0.224. The third-order valence-electron chi connectivity index (χ3n) is 3.62. The topological polar surface area (TPSA) is 94.8 Å². The summed E-state index contributed by atoms with van der Waals surface area (Å²) in [6, 6.07) is 6.97. The molecule has 1 N–H and O–H groups in total. The maximum Gasteiger partial charge on any atom is 0.257 e. The number of benzene rings is 1. The minimum atomic E-state index is -0.224. The molecule has 130 valence electrons. The van der Waals surface area contributed by atoms with Gasteiger partial charge in [0.2, 0.25) is 0 Å². The number of carbonyl (C=O) groups excluding carboxylic acids is 1. The van der Waals surface area contributed by atoms with Crippen molar-refractivity contribution in [3.63, 3.8) is 0 Å². The number of rotatable bonds is 6. The van der Waals surface area contributed by atoms with Gasteiger partial charge in [-0.15, -0.1) is 16.4 Å². The quantitative estimate of drug-likeness (QED) is 0.728. The second-order valence-corrected chi connectivity index (χ2v) is 6.55. The number of thiazole rings is 1. The number of ether oxygens (including phenoxy) is 1. The van der Waals surface area contributed by atoms with Crippen LogP contribution in [0.25, 0.3) is 0 Å². The summed E-state index contributed by atoms with van der Waals surface area (Å²) in [6.07, 6.45) is 0. The summed E-state index contributed by atoms with van der Waals surface area (Å²) in [5.74, 6) is 0.980. The van der Waals surface area contributed by atoms with Crippen LogP contribution in [0.4, 0.5) is 5.13 Å². The van der Waals surface area contributed by atoms with E-state index in [0.717, 1.165) is 10.6 Å². The molecule has 2 aromatic heterocycles. The van der Waals surface area contributed by atoms with E-state index in [0.29, 0.717) is 28.8 Å². The third-order valence-corrected chi connectivity index (χ3v) is 4.61. The van der Waals surface area contributed by atoms with Crippen molar-refractivity contribution >= 4 is 22.4 Å². The molecule has 3 rings (SSSR count). The van der Waals surface area contributed by atoms with Gasteiger partial charge in [-0.1, -0.05) is 6.07 Å². The van der Waals surface area contributed by atoms with Gasteiger partial charge in [-0.25, -0.2) is 9.67 Å². The predicted octanol–water partition coefficient (Wildman–Crippen LogP) is 2.60. The van der Waals surface area contributed by atoms with Crippen LogP contribution in [0.2, 0.25) is 0 Å². The first-order chi connectivity index (χ1) is 12.1. The zero-order valence-electron chi connectivity index (χ0n) is 14.2. The van der Waals surface area contributed by atoms with E-state index in [1.807, 2.05) is 20.8 Å². The molecule has 0 aliphatic heterocycles. The lowest BCUT2D eigenvalue weighted by molar-refractivity contribution is 0.102. The Morgan fingerprint density at radius 3 is 2.92 bits per heavy atom. The molecule has 8 nitrogen and oxygen atoms in total. The van der Waals surface area contributed by atoms with Crippen molar-refractivity contribution in [3.8, 4) is 5.75 Å². The van der Waals surface area contributed by atoms with Gasteiger partial charge in [-0.05, 0) is 49.4 Å². The maximum absolute atomic E-state index is 12.4. The molecule has 25 heavy (non-hydrogen) atoms. The fourth-order valence-corrected chi connectivity index (χ4v) is 2.95. The molecule has 1 aromatic carbocycles. The molecule has 0 atom stereocenters. The number of tetrazole rings is 1. The maximum atomic E-state index is 12.4. The number of aromatic nitrogens is 5. The van der Waals surface area contributed by atoms with Crippen molar-refractivity contribution in [3.05, 3.63) is 46.2 Å². The summed E-state index contributed by atoms with van der Waals surface area (Å²) in [5.41, 5.74) is 1.42. The van der Waals surface area contributed by atoms with Gasteiger partial charge in [-0.2, -0.15) is 0 Å². The molecule has 0 radical (unpaired) electrons. The van der Waals surface area contributed by atoms with Gasteiger partial charge >= 0.3 is 0 Å². The van der Waals surface area contributed by atoms with Gasteiger partial charge in [0.15, 0.2) is 11.0 Å². The zero-order valence-corrected chi connectivity index (χ0v) is 15.0. The number of carbonyl (C=O) groups is 1. The lowest BCUT2D eigenvalue weighted by Gasteiger charge is -2.07. The smallest absolute Gasteiger partial charge is 0.257 e. The Balaban J connectivity index is 1.67. The van der Waals surface area contributed by atoms with Gasteiger partial charge < -0.3 is 4.74 Å². The summed E-state index contributed by atoms with van der Waals surface area (Å²) in [5, 5.41) is 14.8. The summed E-state index contributed by atoms with van der Waals surface area (Å²) in [7, 11) is 0. The Bertz CT molecular complexity index is 869. The molecule has 9 heteroatoms. The molecule has 0 saturated carbocycles. The zero-order chi connectivity index (χ0) is 17.8. The molecular formula is C16H18N6O2S. The highest BCUT2D eigenvalue weighted by atomic mass is 32.1. The number of anilines is 1. The van der Waals surface area contributed by atoms with Crippen molar-refractivity contribution in [2.45, 2.75) is 33.9 Å². The van der Waals surface area contributed by atoms with Crippen molar-refractivity contribution < 1.29 is 9.53 Å². The van der Waals surface area contributed by atoms with Gasteiger partial charge in [0.05, 0.1) is 5.69 Å². The summed E-state index contributed by atoms with van der Waals surface area (Å²) >= 11 is 1.45.